The molecule has 1 fully saturated rings. The number of hydrogen-bond donors (Lipinski definition) is 1. The molecule has 1 aliphatic heterocycles. The third-order valence-electron chi connectivity index (χ3n) is 3.53. The normalized spacial score (nSPS) is 33.0. The Kier molecular flexibility index (Phi) is 4.12. The predicted molar refractivity (Wildman–Crippen MR) is 72.5 cm³/mol. The van der Waals surface area contributed by atoms with Crippen LogP contribution in [0.2, 0.25) is 0 Å². The summed E-state index contributed by atoms with van der Waals surface area (Å²) in [7, 11) is 1.66. The van der Waals surface area contributed by atoms with E-state index in [1.165, 1.54) is 0 Å². The summed E-state index contributed by atoms with van der Waals surface area (Å²) in [5, 5.41) is 0.555. The third kappa shape index (κ3) is 2.86. The molecule has 3 atom stereocenters. The maximum atomic E-state index is 5.97. The molecule has 3 heteroatoms. The Morgan fingerprint density at radius 3 is 2.33 bits per heavy atom. The lowest BCUT2D eigenvalue weighted by atomic mass is 9.66. The van der Waals surface area contributed by atoms with E-state index in [2.05, 4.69) is 53.2 Å². The Balaban J connectivity index is 2.92. The highest BCUT2D eigenvalue weighted by atomic mass is 33.1. The monoisotopic (exact) mass is 248 g/mol. The topological polar surface area (TPSA) is 9.23 Å². The van der Waals surface area contributed by atoms with Crippen LogP contribution in [0.5, 0.6) is 0 Å². The standard InChI is InChI=1S/C12H24OS2/c1-8(15-14)9-7-13-12(5,6)10(9)11(2,3)4/h8-10,14H,7H2,1-6H3/t8?,9-,10-/m1/s1. The minimum absolute atomic E-state index is 0.000679. The minimum Gasteiger partial charge on any atom is -0.375 e. The van der Waals surface area contributed by atoms with Crippen LogP contribution in [0.25, 0.3) is 0 Å². The van der Waals surface area contributed by atoms with Gasteiger partial charge in [-0.2, -0.15) is 0 Å². The molecule has 1 saturated heterocycles. The first-order valence-electron chi connectivity index (χ1n) is 5.64. The van der Waals surface area contributed by atoms with E-state index >= 15 is 0 Å². The van der Waals surface area contributed by atoms with Gasteiger partial charge in [-0.25, -0.2) is 0 Å². The van der Waals surface area contributed by atoms with Crippen molar-refractivity contribution in [1.29, 1.82) is 0 Å². The van der Waals surface area contributed by atoms with Crippen molar-refractivity contribution in [2.75, 3.05) is 6.61 Å². The predicted octanol–water partition coefficient (Wildman–Crippen LogP) is 4.04. The van der Waals surface area contributed by atoms with Gasteiger partial charge < -0.3 is 4.74 Å². The van der Waals surface area contributed by atoms with Crippen LogP contribution in [0.4, 0.5) is 0 Å². The lowest BCUT2D eigenvalue weighted by molar-refractivity contribution is -0.0192. The average Bonchev–Trinajstić information content (AvgIpc) is 2.39. The number of thiol groups is 1. The smallest absolute Gasteiger partial charge is 0.0663 e. The van der Waals surface area contributed by atoms with Gasteiger partial charge in [0.1, 0.15) is 0 Å². The van der Waals surface area contributed by atoms with Gasteiger partial charge in [-0.1, -0.05) is 38.5 Å². The Hall–Kier alpha value is 0.660. The fraction of sp³-hybridized carbons (Fsp3) is 1.00. The lowest BCUT2D eigenvalue weighted by Crippen LogP contribution is -2.41. The van der Waals surface area contributed by atoms with Crippen molar-refractivity contribution in [2.24, 2.45) is 17.3 Å². The quantitative estimate of drug-likeness (QED) is 0.583. The largest absolute Gasteiger partial charge is 0.375 e. The van der Waals surface area contributed by atoms with Crippen LogP contribution >= 0.6 is 22.5 Å². The molecule has 0 radical (unpaired) electrons. The second kappa shape index (κ2) is 4.50. The summed E-state index contributed by atoms with van der Waals surface area (Å²) in [6.45, 7) is 14.5. The highest BCUT2D eigenvalue weighted by Gasteiger charge is 2.50. The molecule has 1 heterocycles. The van der Waals surface area contributed by atoms with E-state index in [-0.39, 0.29) is 5.60 Å². The first-order valence-corrected chi connectivity index (χ1v) is 7.57. The van der Waals surface area contributed by atoms with E-state index in [1.807, 2.05) is 0 Å². The fourth-order valence-electron chi connectivity index (χ4n) is 3.18. The van der Waals surface area contributed by atoms with E-state index in [9.17, 15) is 0 Å². The third-order valence-corrected chi connectivity index (χ3v) is 5.21. The molecule has 0 saturated carbocycles. The van der Waals surface area contributed by atoms with Crippen molar-refractivity contribution in [3.05, 3.63) is 0 Å². The molecule has 1 unspecified atom stereocenters. The van der Waals surface area contributed by atoms with Crippen molar-refractivity contribution in [1.82, 2.24) is 0 Å². The van der Waals surface area contributed by atoms with Crippen molar-refractivity contribution in [3.8, 4) is 0 Å². The van der Waals surface area contributed by atoms with Crippen molar-refractivity contribution >= 4 is 22.5 Å². The molecule has 0 amide bonds. The molecule has 0 aromatic heterocycles. The molecule has 0 aromatic rings. The second-order valence-electron chi connectivity index (χ2n) is 6.23. The van der Waals surface area contributed by atoms with E-state index in [4.69, 9.17) is 4.74 Å². The molecule has 0 aliphatic carbocycles. The molecule has 0 N–H and O–H groups in total. The van der Waals surface area contributed by atoms with Crippen LogP contribution in [0.3, 0.4) is 0 Å². The van der Waals surface area contributed by atoms with Crippen LogP contribution in [-0.2, 0) is 4.74 Å². The van der Waals surface area contributed by atoms with Gasteiger partial charge in [0.05, 0.1) is 12.2 Å². The summed E-state index contributed by atoms with van der Waals surface area (Å²) in [5.41, 5.74) is 0.295. The number of rotatable bonds is 2. The second-order valence-corrected chi connectivity index (χ2v) is 7.82. The zero-order valence-electron chi connectivity index (χ0n) is 10.7. The van der Waals surface area contributed by atoms with Crippen LogP contribution in [0.15, 0.2) is 0 Å². The van der Waals surface area contributed by atoms with E-state index in [0.717, 1.165) is 6.61 Å². The van der Waals surface area contributed by atoms with Crippen molar-refractivity contribution < 1.29 is 4.74 Å². The van der Waals surface area contributed by atoms with Crippen molar-refractivity contribution in [2.45, 2.75) is 52.4 Å². The molecule has 0 aromatic carbocycles. The minimum atomic E-state index is 0.000679. The Morgan fingerprint density at radius 2 is 1.93 bits per heavy atom. The molecule has 0 bridgehead atoms. The lowest BCUT2D eigenvalue weighted by Gasteiger charge is -2.40. The highest BCUT2D eigenvalue weighted by Crippen LogP contribution is 2.49. The van der Waals surface area contributed by atoms with Crippen LogP contribution in [-0.4, -0.2) is 17.5 Å². The van der Waals surface area contributed by atoms with E-state index in [1.54, 1.807) is 10.8 Å². The van der Waals surface area contributed by atoms with Gasteiger partial charge in [-0.15, -0.1) is 11.7 Å². The summed E-state index contributed by atoms with van der Waals surface area (Å²) >= 11 is 4.34. The maximum Gasteiger partial charge on any atom is 0.0663 e. The number of ether oxygens (including phenoxy) is 1. The zero-order valence-corrected chi connectivity index (χ0v) is 12.4. The summed E-state index contributed by atoms with van der Waals surface area (Å²) in [4.78, 5) is 0. The van der Waals surface area contributed by atoms with Gasteiger partial charge in [0.25, 0.3) is 0 Å². The first kappa shape index (κ1) is 13.7. The molecule has 0 spiro atoms. The zero-order chi connectivity index (χ0) is 11.9. The van der Waals surface area contributed by atoms with Gasteiger partial charge in [0, 0.05) is 11.2 Å². The summed E-state index contributed by atoms with van der Waals surface area (Å²) in [5.74, 6) is 1.21. The van der Waals surface area contributed by atoms with Crippen LogP contribution in [0, 0.1) is 17.3 Å². The van der Waals surface area contributed by atoms with Gasteiger partial charge >= 0.3 is 0 Å². The molecule has 90 valence electrons. The Bertz CT molecular complexity index is 220. The van der Waals surface area contributed by atoms with Crippen LogP contribution in [0.1, 0.15) is 41.5 Å². The Morgan fingerprint density at radius 1 is 1.40 bits per heavy atom. The first-order chi connectivity index (χ1) is 6.70. The maximum absolute atomic E-state index is 5.97. The van der Waals surface area contributed by atoms with Gasteiger partial charge in [-0.05, 0) is 25.2 Å². The van der Waals surface area contributed by atoms with Gasteiger partial charge in [-0.3, -0.25) is 0 Å². The van der Waals surface area contributed by atoms with Crippen molar-refractivity contribution in [3.63, 3.8) is 0 Å². The summed E-state index contributed by atoms with van der Waals surface area (Å²) < 4.78 is 5.97. The van der Waals surface area contributed by atoms with Crippen LogP contribution < -0.4 is 0 Å². The molecular weight excluding hydrogens is 224 g/mol. The molecule has 1 nitrogen and oxygen atoms in total. The molecule has 1 aliphatic rings. The SMILES string of the molecule is CC(SS)[C@H]1COC(C)(C)[C@H]1C(C)(C)C. The average molecular weight is 248 g/mol. The van der Waals surface area contributed by atoms with E-state index < -0.39 is 0 Å². The van der Waals surface area contributed by atoms with Gasteiger partial charge in [0.2, 0.25) is 0 Å². The molecule has 1 rings (SSSR count). The molecule has 15 heavy (non-hydrogen) atoms. The highest BCUT2D eigenvalue weighted by molar-refractivity contribution is 8.68. The number of hydrogen-bond acceptors (Lipinski definition) is 3. The molecular formula is C12H24OS2. The fourth-order valence-corrected chi connectivity index (χ4v) is 4.04. The van der Waals surface area contributed by atoms with Gasteiger partial charge in [0.15, 0.2) is 0 Å². The van der Waals surface area contributed by atoms with E-state index in [0.29, 0.717) is 22.5 Å². The summed E-state index contributed by atoms with van der Waals surface area (Å²) in [6, 6.07) is 0. The summed E-state index contributed by atoms with van der Waals surface area (Å²) in [6.07, 6.45) is 0. The Labute approximate surface area is 104 Å².